The molecule has 2 aromatic carbocycles. The Morgan fingerprint density at radius 2 is 1.62 bits per heavy atom. The molecule has 6 N–H and O–H groups in total. The minimum atomic E-state index is -0.885. The van der Waals surface area contributed by atoms with Crippen LogP contribution in [0.15, 0.2) is 36.4 Å². The highest BCUT2D eigenvalue weighted by Gasteiger charge is 2.13. The van der Waals surface area contributed by atoms with Crippen LogP contribution in [0.5, 0.6) is 11.5 Å². The van der Waals surface area contributed by atoms with E-state index in [0.717, 1.165) is 6.07 Å². The van der Waals surface area contributed by atoms with Crippen molar-refractivity contribution in [1.82, 2.24) is 0 Å². The molecule has 108 valence electrons. The molecule has 0 bridgehead atoms. The molecule has 7 heteroatoms. The third-order valence-electron chi connectivity index (χ3n) is 2.70. The summed E-state index contributed by atoms with van der Waals surface area (Å²) in [5, 5.41) is 0. The normalized spacial score (nSPS) is 10.1. The van der Waals surface area contributed by atoms with Gasteiger partial charge in [-0.25, -0.2) is 4.39 Å². The van der Waals surface area contributed by atoms with E-state index in [1.54, 1.807) is 0 Å². The van der Waals surface area contributed by atoms with Crippen molar-refractivity contribution in [3.63, 3.8) is 0 Å². The van der Waals surface area contributed by atoms with Crippen molar-refractivity contribution < 1.29 is 18.7 Å². The minimum absolute atomic E-state index is 0.0642. The van der Waals surface area contributed by atoms with Gasteiger partial charge in [-0.05, 0) is 30.3 Å². The summed E-state index contributed by atoms with van der Waals surface area (Å²) in [7, 11) is 0. The number of halogens is 1. The van der Waals surface area contributed by atoms with Gasteiger partial charge in [0.25, 0.3) is 11.8 Å². The summed E-state index contributed by atoms with van der Waals surface area (Å²) >= 11 is 0. The summed E-state index contributed by atoms with van der Waals surface area (Å²) in [6.07, 6.45) is 0. The van der Waals surface area contributed by atoms with E-state index in [2.05, 4.69) is 0 Å². The Morgan fingerprint density at radius 3 is 2.19 bits per heavy atom. The largest absolute Gasteiger partial charge is 0.456 e. The maximum Gasteiger partial charge on any atom is 0.252 e. The van der Waals surface area contributed by atoms with Crippen LogP contribution in [0.2, 0.25) is 0 Å². The Balaban J connectivity index is 2.37. The summed E-state index contributed by atoms with van der Waals surface area (Å²) in [6, 6.07) is 7.83. The van der Waals surface area contributed by atoms with Gasteiger partial charge in [-0.2, -0.15) is 0 Å². The van der Waals surface area contributed by atoms with Crippen molar-refractivity contribution in [2.24, 2.45) is 11.5 Å². The van der Waals surface area contributed by atoms with Gasteiger partial charge in [0.2, 0.25) is 0 Å². The average Bonchev–Trinajstić information content (AvgIpc) is 2.40. The Bertz CT molecular complexity index is 731. The van der Waals surface area contributed by atoms with Crippen molar-refractivity contribution in [3.8, 4) is 11.5 Å². The van der Waals surface area contributed by atoms with Gasteiger partial charge >= 0.3 is 0 Å². The molecule has 21 heavy (non-hydrogen) atoms. The number of primary amides is 2. The molecule has 0 atom stereocenters. The molecule has 0 fully saturated rings. The smallest absolute Gasteiger partial charge is 0.252 e. The Kier molecular flexibility index (Phi) is 3.75. The second-order valence-electron chi connectivity index (χ2n) is 4.23. The molecule has 2 aromatic rings. The van der Waals surface area contributed by atoms with E-state index in [9.17, 15) is 14.0 Å². The van der Waals surface area contributed by atoms with E-state index in [4.69, 9.17) is 21.9 Å². The lowest BCUT2D eigenvalue weighted by Crippen LogP contribution is -2.13. The number of carbonyl (C=O) groups excluding carboxylic acids is 2. The van der Waals surface area contributed by atoms with Crippen LogP contribution >= 0.6 is 0 Å². The van der Waals surface area contributed by atoms with Crippen LogP contribution in [-0.4, -0.2) is 11.8 Å². The van der Waals surface area contributed by atoms with E-state index in [1.165, 1.54) is 30.3 Å². The third-order valence-corrected chi connectivity index (χ3v) is 2.70. The van der Waals surface area contributed by atoms with Crippen LogP contribution in [0.3, 0.4) is 0 Å². The van der Waals surface area contributed by atoms with Crippen LogP contribution in [0, 0.1) is 5.82 Å². The number of nitrogen functional groups attached to an aromatic ring is 1. The van der Waals surface area contributed by atoms with Gasteiger partial charge in [0.15, 0.2) is 0 Å². The number of rotatable bonds is 4. The summed E-state index contributed by atoms with van der Waals surface area (Å²) in [5.41, 5.74) is 15.9. The van der Waals surface area contributed by atoms with Gasteiger partial charge in [-0.3, -0.25) is 9.59 Å². The first-order valence-electron chi connectivity index (χ1n) is 5.85. The predicted molar refractivity (Wildman–Crippen MR) is 74.4 cm³/mol. The van der Waals surface area contributed by atoms with Gasteiger partial charge in [-0.1, -0.05) is 0 Å². The molecular formula is C14H12FN3O3. The van der Waals surface area contributed by atoms with Crippen LogP contribution < -0.4 is 21.9 Å². The summed E-state index contributed by atoms with van der Waals surface area (Å²) in [6.45, 7) is 0. The summed E-state index contributed by atoms with van der Waals surface area (Å²) in [5.74, 6) is -2.22. The molecule has 0 radical (unpaired) electrons. The monoisotopic (exact) mass is 289 g/mol. The third kappa shape index (κ3) is 3.08. The first-order valence-corrected chi connectivity index (χ1v) is 5.85. The van der Waals surface area contributed by atoms with Crippen molar-refractivity contribution in [2.75, 3.05) is 5.73 Å². The number of benzene rings is 2. The van der Waals surface area contributed by atoms with Crippen molar-refractivity contribution >= 4 is 17.5 Å². The minimum Gasteiger partial charge on any atom is -0.456 e. The molecule has 6 nitrogen and oxygen atoms in total. The zero-order chi connectivity index (χ0) is 15.6. The van der Waals surface area contributed by atoms with E-state index in [0.29, 0.717) is 5.69 Å². The molecule has 0 unspecified atom stereocenters. The first-order chi connectivity index (χ1) is 9.88. The lowest BCUT2D eigenvalue weighted by atomic mass is 10.1. The number of carbonyl (C=O) groups is 2. The number of ether oxygens (including phenoxy) is 1. The van der Waals surface area contributed by atoms with Gasteiger partial charge in [-0.15, -0.1) is 0 Å². The fraction of sp³-hybridized carbons (Fsp3) is 0. The second-order valence-corrected chi connectivity index (χ2v) is 4.23. The average molecular weight is 289 g/mol. The zero-order valence-corrected chi connectivity index (χ0v) is 10.8. The SMILES string of the molecule is NC(=O)c1ccc(Oc2ccc(N)cc2C(N)=O)cc1F. The molecule has 2 rings (SSSR count). The first kappa shape index (κ1) is 14.3. The van der Waals surface area contributed by atoms with Crippen molar-refractivity contribution in [2.45, 2.75) is 0 Å². The predicted octanol–water partition coefficient (Wildman–Crippen LogP) is 1.40. The van der Waals surface area contributed by atoms with Gasteiger partial charge in [0.1, 0.15) is 17.3 Å². The zero-order valence-electron chi connectivity index (χ0n) is 10.8. The Labute approximate surface area is 119 Å². The van der Waals surface area contributed by atoms with Gasteiger partial charge in [0.05, 0.1) is 11.1 Å². The topological polar surface area (TPSA) is 121 Å². The molecule has 0 saturated carbocycles. The molecule has 2 amide bonds. The maximum absolute atomic E-state index is 13.6. The van der Waals surface area contributed by atoms with Crippen molar-refractivity contribution in [3.05, 3.63) is 53.3 Å². The summed E-state index contributed by atoms with van der Waals surface area (Å²) < 4.78 is 19.0. The highest BCUT2D eigenvalue weighted by Crippen LogP contribution is 2.28. The molecule has 0 aliphatic heterocycles. The molecule has 0 saturated heterocycles. The van der Waals surface area contributed by atoms with Gasteiger partial charge in [0, 0.05) is 11.8 Å². The Hall–Kier alpha value is -3.09. The molecule has 0 aliphatic rings. The van der Waals surface area contributed by atoms with Crippen LogP contribution in [0.25, 0.3) is 0 Å². The second kappa shape index (κ2) is 5.49. The summed E-state index contributed by atoms with van der Waals surface area (Å²) in [4.78, 5) is 22.3. The van der Waals surface area contributed by atoms with E-state index >= 15 is 0 Å². The standard InChI is InChI=1S/C14H12FN3O3/c15-11-6-8(2-3-9(11)13(17)19)21-12-4-1-7(16)5-10(12)14(18)20/h1-6H,16H2,(H2,17,19)(H2,18,20). The van der Waals surface area contributed by atoms with Gasteiger partial charge < -0.3 is 21.9 Å². The van der Waals surface area contributed by atoms with Crippen molar-refractivity contribution in [1.29, 1.82) is 0 Å². The fourth-order valence-corrected chi connectivity index (χ4v) is 1.72. The number of nitrogens with two attached hydrogens (primary N) is 3. The highest BCUT2D eigenvalue weighted by molar-refractivity contribution is 5.96. The number of hydrogen-bond donors (Lipinski definition) is 3. The fourth-order valence-electron chi connectivity index (χ4n) is 1.72. The lowest BCUT2D eigenvalue weighted by Gasteiger charge is -2.10. The quantitative estimate of drug-likeness (QED) is 0.736. The lowest BCUT2D eigenvalue weighted by molar-refractivity contribution is 0.0989. The Morgan fingerprint density at radius 1 is 0.952 bits per heavy atom. The maximum atomic E-state index is 13.6. The molecule has 0 heterocycles. The van der Waals surface area contributed by atoms with E-state index < -0.39 is 17.6 Å². The van der Waals surface area contributed by atoms with Crippen LogP contribution in [0.1, 0.15) is 20.7 Å². The number of anilines is 1. The van der Waals surface area contributed by atoms with Crippen LogP contribution in [0.4, 0.5) is 10.1 Å². The molecule has 0 aromatic heterocycles. The van der Waals surface area contributed by atoms with E-state index in [1.807, 2.05) is 0 Å². The highest BCUT2D eigenvalue weighted by atomic mass is 19.1. The number of hydrogen-bond acceptors (Lipinski definition) is 4. The number of amides is 2. The molecular weight excluding hydrogens is 277 g/mol. The molecule has 0 aliphatic carbocycles. The van der Waals surface area contributed by atoms with Crippen LogP contribution in [-0.2, 0) is 0 Å². The van der Waals surface area contributed by atoms with E-state index in [-0.39, 0.29) is 22.6 Å². The molecule has 0 spiro atoms.